The quantitative estimate of drug-likeness (QED) is 0.432. The Hall–Kier alpha value is -1.85. The molecule has 1 saturated carbocycles. The number of allylic oxidation sites excluding steroid dienone is 1. The van der Waals surface area contributed by atoms with Crippen LogP contribution in [0.2, 0.25) is 0 Å². The topological polar surface area (TPSA) is 79.0 Å². The zero-order valence-corrected chi connectivity index (χ0v) is 20.7. The lowest BCUT2D eigenvalue weighted by molar-refractivity contribution is -0.130. The lowest BCUT2D eigenvalue weighted by Gasteiger charge is -2.26. The molecule has 31 heavy (non-hydrogen) atoms. The number of nitrogens with two attached hydrogens (primary N) is 1. The summed E-state index contributed by atoms with van der Waals surface area (Å²) >= 11 is 0. The van der Waals surface area contributed by atoms with Crippen molar-refractivity contribution in [2.75, 3.05) is 32.7 Å². The van der Waals surface area contributed by atoms with Gasteiger partial charge in [-0.25, -0.2) is 0 Å². The molecule has 2 N–H and O–H groups in total. The van der Waals surface area contributed by atoms with Gasteiger partial charge in [0.2, 0.25) is 5.91 Å². The van der Waals surface area contributed by atoms with E-state index in [9.17, 15) is 9.59 Å². The average Bonchev–Trinajstić information content (AvgIpc) is 2.78. The Morgan fingerprint density at radius 2 is 1.52 bits per heavy atom. The molecule has 0 heterocycles. The van der Waals surface area contributed by atoms with Gasteiger partial charge in [0.15, 0.2) is 0 Å². The normalized spacial score (nSPS) is 18.0. The molecule has 0 aromatic carbocycles. The van der Waals surface area contributed by atoms with Crippen molar-refractivity contribution in [3.63, 3.8) is 0 Å². The molecule has 0 aliphatic heterocycles. The first-order valence-corrected chi connectivity index (χ1v) is 12.5. The first-order valence-electron chi connectivity index (χ1n) is 12.5. The minimum atomic E-state index is -0.0826. The predicted molar refractivity (Wildman–Crippen MR) is 130 cm³/mol. The summed E-state index contributed by atoms with van der Waals surface area (Å²) in [4.78, 5) is 34.3. The van der Waals surface area contributed by atoms with Crippen LogP contribution < -0.4 is 5.73 Å². The Morgan fingerprint density at radius 3 is 2.10 bits per heavy atom. The van der Waals surface area contributed by atoms with E-state index in [-0.39, 0.29) is 18.4 Å². The second-order valence-electron chi connectivity index (χ2n) is 8.84. The van der Waals surface area contributed by atoms with Crippen LogP contribution in [0, 0.1) is 5.92 Å². The van der Waals surface area contributed by atoms with E-state index in [0.29, 0.717) is 24.7 Å². The molecule has 0 saturated heterocycles. The van der Waals surface area contributed by atoms with Gasteiger partial charge in [0.25, 0.3) is 5.91 Å². The summed E-state index contributed by atoms with van der Waals surface area (Å²) in [5, 5.41) is 0. The van der Waals surface area contributed by atoms with Crippen LogP contribution in [0.1, 0.15) is 92.4 Å². The molecule has 1 aliphatic rings. The van der Waals surface area contributed by atoms with Crippen LogP contribution in [-0.4, -0.2) is 60.0 Å². The van der Waals surface area contributed by atoms with E-state index in [1.165, 1.54) is 0 Å². The lowest BCUT2D eigenvalue weighted by atomic mass is 9.90. The molecule has 6 nitrogen and oxygen atoms in total. The molecular weight excluding hydrogens is 388 g/mol. The molecule has 1 fully saturated rings. The number of hydrogen-bond acceptors (Lipinski definition) is 4. The maximum absolute atomic E-state index is 13.0. The van der Waals surface area contributed by atoms with Gasteiger partial charge >= 0.3 is 0 Å². The van der Waals surface area contributed by atoms with Crippen molar-refractivity contribution in [2.45, 2.75) is 92.4 Å². The minimum absolute atomic E-state index is 0.0751. The van der Waals surface area contributed by atoms with E-state index >= 15 is 0 Å². The van der Waals surface area contributed by atoms with Gasteiger partial charge in [0.1, 0.15) is 12.2 Å². The van der Waals surface area contributed by atoms with Gasteiger partial charge in [0, 0.05) is 37.5 Å². The first kappa shape index (κ1) is 27.2. The Balaban J connectivity index is 2.96. The monoisotopic (exact) mass is 434 g/mol. The number of aliphatic imine (C=N–C) groups is 1. The molecule has 0 radical (unpaired) electrons. The van der Waals surface area contributed by atoms with Crippen molar-refractivity contribution in [1.82, 2.24) is 9.80 Å². The highest BCUT2D eigenvalue weighted by Gasteiger charge is 2.24. The van der Waals surface area contributed by atoms with E-state index in [2.05, 4.69) is 39.6 Å². The molecule has 1 aliphatic carbocycles. The van der Waals surface area contributed by atoms with Crippen LogP contribution in [-0.2, 0) is 9.59 Å². The summed E-state index contributed by atoms with van der Waals surface area (Å²) < 4.78 is 0. The molecule has 0 spiro atoms. The summed E-state index contributed by atoms with van der Waals surface area (Å²) in [5.41, 5.74) is 8.42. The van der Waals surface area contributed by atoms with Crippen LogP contribution in [0.25, 0.3) is 0 Å². The van der Waals surface area contributed by atoms with E-state index in [0.717, 1.165) is 82.2 Å². The van der Waals surface area contributed by atoms with E-state index in [4.69, 9.17) is 5.73 Å². The Bertz CT molecular complexity index is 621. The summed E-state index contributed by atoms with van der Waals surface area (Å²) in [6, 6.07) is 0. The van der Waals surface area contributed by atoms with Crippen molar-refractivity contribution in [3.05, 3.63) is 11.3 Å². The zero-order chi connectivity index (χ0) is 23.2. The predicted octanol–water partition coefficient (Wildman–Crippen LogP) is 4.54. The van der Waals surface area contributed by atoms with Gasteiger partial charge < -0.3 is 15.5 Å². The second-order valence-corrected chi connectivity index (χ2v) is 8.84. The molecule has 1 atom stereocenters. The maximum Gasteiger partial charge on any atom is 0.270 e. The summed E-state index contributed by atoms with van der Waals surface area (Å²) in [7, 11) is 0. The van der Waals surface area contributed by atoms with Crippen molar-refractivity contribution >= 4 is 17.5 Å². The van der Waals surface area contributed by atoms with Crippen LogP contribution >= 0.6 is 0 Å². The first-order chi connectivity index (χ1) is 14.9. The highest BCUT2D eigenvalue weighted by Crippen LogP contribution is 2.24. The third kappa shape index (κ3) is 9.04. The highest BCUT2D eigenvalue weighted by molar-refractivity contribution is 6.08. The maximum atomic E-state index is 13.0. The largest absolute Gasteiger partial charge is 0.394 e. The minimum Gasteiger partial charge on any atom is -0.394 e. The highest BCUT2D eigenvalue weighted by atomic mass is 16.2. The number of amides is 2. The molecule has 6 heteroatoms. The standard InChI is InChI=1S/C25H46N4O2/c1-6-15-28(18-14-20(5)9-4)23(30)19-27-22-13-11-10-12-21(22)24(26)25(31)29(16-7-2)17-8-3/h20H,6-19,26H2,1-5H3/b24-21-,27-22?. The van der Waals surface area contributed by atoms with Crippen LogP contribution in [0.15, 0.2) is 16.3 Å². The van der Waals surface area contributed by atoms with Gasteiger partial charge in [-0.3, -0.25) is 14.6 Å². The van der Waals surface area contributed by atoms with Crippen LogP contribution in [0.5, 0.6) is 0 Å². The van der Waals surface area contributed by atoms with Gasteiger partial charge in [-0.2, -0.15) is 0 Å². The Morgan fingerprint density at radius 1 is 0.935 bits per heavy atom. The molecule has 178 valence electrons. The fourth-order valence-corrected chi connectivity index (χ4v) is 3.98. The SMILES string of the molecule is CCCN(CCC(C)CC)C(=O)CN=C1CCCC/C1=C(/N)C(=O)N(CCC)CCC. The fraction of sp³-hybridized carbons (Fsp3) is 0.800. The number of carbonyl (C=O) groups is 2. The average molecular weight is 435 g/mol. The fourth-order valence-electron chi connectivity index (χ4n) is 3.98. The molecule has 1 unspecified atom stereocenters. The van der Waals surface area contributed by atoms with Gasteiger partial charge in [-0.05, 0) is 57.3 Å². The molecule has 0 aromatic rings. The summed E-state index contributed by atoms with van der Waals surface area (Å²) in [6.07, 6.45) is 8.51. The molecule has 2 amide bonds. The van der Waals surface area contributed by atoms with E-state index < -0.39 is 0 Å². The van der Waals surface area contributed by atoms with Crippen LogP contribution in [0.4, 0.5) is 0 Å². The third-order valence-corrected chi connectivity index (χ3v) is 6.11. The number of rotatable bonds is 13. The number of carbonyl (C=O) groups excluding carboxylic acids is 2. The van der Waals surface area contributed by atoms with E-state index in [1.807, 2.05) is 9.80 Å². The number of hydrogen-bond donors (Lipinski definition) is 1. The summed E-state index contributed by atoms with van der Waals surface area (Å²) in [5.74, 6) is 0.609. The van der Waals surface area contributed by atoms with Crippen molar-refractivity contribution in [3.8, 4) is 0 Å². The van der Waals surface area contributed by atoms with E-state index in [1.54, 1.807) is 0 Å². The molecule has 0 aromatic heterocycles. The van der Waals surface area contributed by atoms with Gasteiger partial charge in [-0.1, -0.05) is 41.0 Å². The van der Waals surface area contributed by atoms with Gasteiger partial charge in [-0.15, -0.1) is 0 Å². The molecular formula is C25H46N4O2. The van der Waals surface area contributed by atoms with Crippen molar-refractivity contribution < 1.29 is 9.59 Å². The lowest BCUT2D eigenvalue weighted by Crippen LogP contribution is -2.37. The smallest absolute Gasteiger partial charge is 0.270 e. The Labute approximate surface area is 190 Å². The third-order valence-electron chi connectivity index (χ3n) is 6.11. The zero-order valence-electron chi connectivity index (χ0n) is 20.7. The Kier molecular flexibility index (Phi) is 13.2. The second kappa shape index (κ2) is 15.0. The number of nitrogens with zero attached hydrogens (tertiary/aromatic N) is 3. The molecule has 0 bridgehead atoms. The summed E-state index contributed by atoms with van der Waals surface area (Å²) in [6.45, 7) is 13.8. The van der Waals surface area contributed by atoms with Crippen molar-refractivity contribution in [1.29, 1.82) is 0 Å². The van der Waals surface area contributed by atoms with Gasteiger partial charge in [0.05, 0.1) is 0 Å². The molecule has 1 rings (SSSR count). The van der Waals surface area contributed by atoms with Crippen molar-refractivity contribution in [2.24, 2.45) is 16.6 Å². The van der Waals surface area contributed by atoms with Crippen LogP contribution in [0.3, 0.4) is 0 Å².